The minimum Gasteiger partial charge on any atom is -0.316 e. The van der Waals surface area contributed by atoms with Crippen molar-refractivity contribution in [2.24, 2.45) is 5.92 Å². The summed E-state index contributed by atoms with van der Waals surface area (Å²) < 4.78 is 0. The van der Waals surface area contributed by atoms with Gasteiger partial charge in [-0.1, -0.05) is 37.1 Å². The molecule has 0 amide bonds. The van der Waals surface area contributed by atoms with E-state index in [1.807, 2.05) is 12.1 Å². The molecule has 76 valence electrons. The molecule has 1 aliphatic heterocycles. The first-order chi connectivity index (χ1) is 6.81. The van der Waals surface area contributed by atoms with Crippen LogP contribution in [-0.2, 0) is 0 Å². The molecule has 1 aliphatic rings. The van der Waals surface area contributed by atoms with Crippen molar-refractivity contribution < 1.29 is 0 Å². The lowest BCUT2D eigenvalue weighted by molar-refractivity contribution is 0.503. The van der Waals surface area contributed by atoms with E-state index in [1.54, 1.807) is 0 Å². The monoisotopic (exact) mass is 209 g/mol. The van der Waals surface area contributed by atoms with Gasteiger partial charge in [0.1, 0.15) is 0 Å². The van der Waals surface area contributed by atoms with E-state index >= 15 is 0 Å². The van der Waals surface area contributed by atoms with Gasteiger partial charge in [0.25, 0.3) is 0 Å². The van der Waals surface area contributed by atoms with Gasteiger partial charge in [0.15, 0.2) is 0 Å². The molecule has 0 bridgehead atoms. The molecule has 1 aromatic rings. The molecule has 1 saturated heterocycles. The van der Waals surface area contributed by atoms with Crippen LogP contribution in [0.15, 0.2) is 24.3 Å². The fourth-order valence-electron chi connectivity index (χ4n) is 2.29. The Kier molecular flexibility index (Phi) is 3.09. The van der Waals surface area contributed by atoms with Gasteiger partial charge >= 0.3 is 0 Å². The second-order valence-electron chi connectivity index (χ2n) is 3.99. The summed E-state index contributed by atoms with van der Waals surface area (Å²) in [6.45, 7) is 4.50. The maximum absolute atomic E-state index is 5.99. The summed E-state index contributed by atoms with van der Waals surface area (Å²) in [6.07, 6.45) is 1.24. The molecule has 1 nitrogen and oxygen atoms in total. The standard InChI is InChI=1S/C12H16ClN/c1-2-9-7-14-8-12(9)10-4-3-5-11(13)6-10/h3-6,9,12,14H,2,7-8H2,1H3/t9-,12-/m0/s1. The van der Waals surface area contributed by atoms with Gasteiger partial charge in [-0.2, -0.15) is 0 Å². The summed E-state index contributed by atoms with van der Waals surface area (Å²) in [5.41, 5.74) is 1.38. The van der Waals surface area contributed by atoms with E-state index in [9.17, 15) is 0 Å². The summed E-state index contributed by atoms with van der Waals surface area (Å²) in [5, 5.41) is 4.30. The predicted octanol–water partition coefficient (Wildman–Crippen LogP) is 3.05. The van der Waals surface area contributed by atoms with Gasteiger partial charge in [-0.25, -0.2) is 0 Å². The highest BCUT2D eigenvalue weighted by Gasteiger charge is 2.26. The highest BCUT2D eigenvalue weighted by Crippen LogP contribution is 2.31. The van der Waals surface area contributed by atoms with Gasteiger partial charge in [0.2, 0.25) is 0 Å². The van der Waals surface area contributed by atoms with Crippen LogP contribution in [0.4, 0.5) is 0 Å². The quantitative estimate of drug-likeness (QED) is 0.790. The first kappa shape index (κ1) is 10.0. The Morgan fingerprint density at radius 2 is 2.29 bits per heavy atom. The highest BCUT2D eigenvalue weighted by atomic mass is 35.5. The number of nitrogens with one attached hydrogen (secondary N) is 1. The van der Waals surface area contributed by atoms with Crippen molar-refractivity contribution >= 4 is 11.6 Å². The van der Waals surface area contributed by atoms with Crippen LogP contribution in [0.25, 0.3) is 0 Å². The third-order valence-electron chi connectivity index (χ3n) is 3.14. The van der Waals surface area contributed by atoms with Gasteiger partial charge in [-0.05, 0) is 30.2 Å². The predicted molar refractivity (Wildman–Crippen MR) is 60.8 cm³/mol. The molecular weight excluding hydrogens is 194 g/mol. The van der Waals surface area contributed by atoms with Crippen molar-refractivity contribution in [2.45, 2.75) is 19.3 Å². The Bertz CT molecular complexity index is 311. The van der Waals surface area contributed by atoms with E-state index in [0.717, 1.165) is 24.0 Å². The molecule has 0 unspecified atom stereocenters. The molecule has 2 heteroatoms. The van der Waals surface area contributed by atoms with Crippen LogP contribution >= 0.6 is 11.6 Å². The molecule has 0 saturated carbocycles. The third-order valence-corrected chi connectivity index (χ3v) is 3.38. The van der Waals surface area contributed by atoms with E-state index in [4.69, 9.17) is 11.6 Å². The number of hydrogen-bond donors (Lipinski definition) is 1. The smallest absolute Gasteiger partial charge is 0.0408 e. The van der Waals surface area contributed by atoms with Crippen molar-refractivity contribution in [3.63, 3.8) is 0 Å². The zero-order valence-electron chi connectivity index (χ0n) is 8.46. The van der Waals surface area contributed by atoms with Crippen LogP contribution in [0, 0.1) is 5.92 Å². The van der Waals surface area contributed by atoms with E-state index in [0.29, 0.717) is 5.92 Å². The maximum atomic E-state index is 5.99. The molecule has 1 fully saturated rings. The van der Waals surface area contributed by atoms with Gasteiger partial charge in [-0.3, -0.25) is 0 Å². The Balaban J connectivity index is 2.21. The molecule has 2 atom stereocenters. The second kappa shape index (κ2) is 4.33. The number of halogens is 1. The number of rotatable bonds is 2. The molecule has 0 spiro atoms. The summed E-state index contributed by atoms with van der Waals surface area (Å²) in [6, 6.07) is 8.27. The van der Waals surface area contributed by atoms with Crippen LogP contribution in [0.3, 0.4) is 0 Å². The Labute approximate surface area is 90.5 Å². The third kappa shape index (κ3) is 1.94. The lowest BCUT2D eigenvalue weighted by atomic mass is 9.87. The van der Waals surface area contributed by atoms with Crippen molar-refractivity contribution in [3.8, 4) is 0 Å². The van der Waals surface area contributed by atoms with Crippen molar-refractivity contribution in [2.75, 3.05) is 13.1 Å². The van der Waals surface area contributed by atoms with Crippen molar-refractivity contribution in [3.05, 3.63) is 34.9 Å². The Morgan fingerprint density at radius 1 is 1.43 bits per heavy atom. The minimum atomic E-state index is 0.652. The average molecular weight is 210 g/mol. The molecule has 1 heterocycles. The van der Waals surface area contributed by atoms with E-state index < -0.39 is 0 Å². The fraction of sp³-hybridized carbons (Fsp3) is 0.500. The molecule has 1 N–H and O–H groups in total. The average Bonchev–Trinajstić information content (AvgIpc) is 2.65. The summed E-state index contributed by atoms with van der Waals surface area (Å²) >= 11 is 5.99. The van der Waals surface area contributed by atoms with Crippen LogP contribution in [0.2, 0.25) is 5.02 Å². The molecule has 1 aromatic carbocycles. The van der Waals surface area contributed by atoms with E-state index in [2.05, 4.69) is 24.4 Å². The summed E-state index contributed by atoms with van der Waals surface area (Å²) in [5.74, 6) is 1.42. The van der Waals surface area contributed by atoms with Gasteiger partial charge in [-0.15, -0.1) is 0 Å². The van der Waals surface area contributed by atoms with Crippen molar-refractivity contribution in [1.82, 2.24) is 5.32 Å². The van der Waals surface area contributed by atoms with Crippen molar-refractivity contribution in [1.29, 1.82) is 0 Å². The van der Waals surface area contributed by atoms with Gasteiger partial charge in [0, 0.05) is 17.5 Å². The van der Waals surface area contributed by atoms with Crippen LogP contribution in [0.1, 0.15) is 24.8 Å². The molecule has 0 radical (unpaired) electrons. The second-order valence-corrected chi connectivity index (χ2v) is 4.42. The van der Waals surface area contributed by atoms with Crippen LogP contribution < -0.4 is 5.32 Å². The number of hydrogen-bond acceptors (Lipinski definition) is 1. The zero-order valence-corrected chi connectivity index (χ0v) is 9.22. The lowest BCUT2D eigenvalue weighted by Crippen LogP contribution is -2.09. The fourth-order valence-corrected chi connectivity index (χ4v) is 2.49. The lowest BCUT2D eigenvalue weighted by Gasteiger charge is -2.17. The largest absolute Gasteiger partial charge is 0.316 e. The summed E-state index contributed by atoms with van der Waals surface area (Å²) in [7, 11) is 0. The molecule has 0 aromatic heterocycles. The first-order valence-corrected chi connectivity index (χ1v) is 5.65. The van der Waals surface area contributed by atoms with E-state index in [-0.39, 0.29) is 0 Å². The zero-order chi connectivity index (χ0) is 9.97. The summed E-state index contributed by atoms with van der Waals surface area (Å²) in [4.78, 5) is 0. The Hall–Kier alpha value is -0.530. The maximum Gasteiger partial charge on any atom is 0.0408 e. The highest BCUT2D eigenvalue weighted by molar-refractivity contribution is 6.30. The van der Waals surface area contributed by atoms with Gasteiger partial charge < -0.3 is 5.32 Å². The Morgan fingerprint density at radius 3 is 3.00 bits per heavy atom. The van der Waals surface area contributed by atoms with Crippen LogP contribution in [0.5, 0.6) is 0 Å². The topological polar surface area (TPSA) is 12.0 Å². The molecule has 2 rings (SSSR count). The van der Waals surface area contributed by atoms with Gasteiger partial charge in [0.05, 0.1) is 0 Å². The SMILES string of the molecule is CC[C@H]1CNC[C@@H]1c1cccc(Cl)c1. The molecule has 14 heavy (non-hydrogen) atoms. The number of benzene rings is 1. The first-order valence-electron chi connectivity index (χ1n) is 5.27. The molecular formula is C12H16ClN. The minimum absolute atomic E-state index is 0.652. The normalized spacial score (nSPS) is 26.7. The van der Waals surface area contributed by atoms with E-state index in [1.165, 1.54) is 12.0 Å². The molecule has 0 aliphatic carbocycles. The van der Waals surface area contributed by atoms with Crippen LogP contribution in [-0.4, -0.2) is 13.1 Å².